The van der Waals surface area contributed by atoms with Crippen LogP contribution in [0, 0.1) is 11.7 Å². The third-order valence-corrected chi connectivity index (χ3v) is 3.53. The molecule has 0 fully saturated rings. The molecule has 6 heteroatoms. The minimum atomic E-state index is -0.451. The van der Waals surface area contributed by atoms with Crippen molar-refractivity contribution in [3.8, 4) is 0 Å². The van der Waals surface area contributed by atoms with Crippen LogP contribution in [0.1, 0.15) is 32.6 Å². The number of hydrogen-bond donors (Lipinski definition) is 1. The maximum atomic E-state index is 13.3. The van der Waals surface area contributed by atoms with Gasteiger partial charge in [0, 0.05) is 12.6 Å². The molecule has 21 heavy (non-hydrogen) atoms. The summed E-state index contributed by atoms with van der Waals surface area (Å²) in [5, 5.41) is 2.89. The highest BCUT2D eigenvalue weighted by Gasteiger charge is 2.21. The zero-order chi connectivity index (χ0) is 15.6. The fourth-order valence-corrected chi connectivity index (χ4v) is 2.41. The lowest BCUT2D eigenvalue weighted by Crippen LogP contribution is -2.34. The van der Waals surface area contributed by atoms with Crippen molar-refractivity contribution in [2.24, 2.45) is 5.92 Å². The standard InChI is InChI=1S/C15H19ClFN3O/c1-9(2)8-18-15(21)10(3)20-13-5-4-11(17)6-12(13)19-14(20)7-16/h4-6,9-10H,7-8H2,1-3H3,(H,18,21). The van der Waals surface area contributed by atoms with Gasteiger partial charge in [0.05, 0.1) is 16.9 Å². The van der Waals surface area contributed by atoms with Crippen molar-refractivity contribution in [2.45, 2.75) is 32.7 Å². The molecule has 114 valence electrons. The molecular weight excluding hydrogens is 293 g/mol. The highest BCUT2D eigenvalue weighted by molar-refractivity contribution is 6.16. The zero-order valence-electron chi connectivity index (χ0n) is 12.4. The summed E-state index contributed by atoms with van der Waals surface area (Å²) < 4.78 is 15.1. The lowest BCUT2D eigenvalue weighted by molar-refractivity contribution is -0.124. The summed E-state index contributed by atoms with van der Waals surface area (Å²) in [6, 6.07) is 3.88. The molecule has 1 N–H and O–H groups in total. The first-order valence-electron chi connectivity index (χ1n) is 6.94. The van der Waals surface area contributed by atoms with Crippen molar-refractivity contribution in [3.63, 3.8) is 0 Å². The molecule has 0 saturated heterocycles. The van der Waals surface area contributed by atoms with Crippen LogP contribution in [0.5, 0.6) is 0 Å². The van der Waals surface area contributed by atoms with E-state index in [9.17, 15) is 9.18 Å². The second-order valence-electron chi connectivity index (χ2n) is 5.48. The quantitative estimate of drug-likeness (QED) is 0.862. The van der Waals surface area contributed by atoms with Crippen LogP contribution >= 0.6 is 11.6 Å². The summed E-state index contributed by atoms with van der Waals surface area (Å²) in [4.78, 5) is 16.5. The number of fused-ring (bicyclic) bond motifs is 1. The molecule has 2 aromatic rings. The van der Waals surface area contributed by atoms with E-state index in [0.29, 0.717) is 29.3 Å². The van der Waals surface area contributed by atoms with E-state index in [0.717, 1.165) is 0 Å². The maximum absolute atomic E-state index is 13.3. The number of nitrogens with zero attached hydrogens (tertiary/aromatic N) is 2. The lowest BCUT2D eigenvalue weighted by Gasteiger charge is -2.17. The Hall–Kier alpha value is -1.62. The summed E-state index contributed by atoms with van der Waals surface area (Å²) in [6.45, 7) is 6.46. The molecule has 0 saturated carbocycles. The number of amides is 1. The minimum absolute atomic E-state index is 0.0984. The van der Waals surface area contributed by atoms with E-state index in [-0.39, 0.29) is 17.6 Å². The molecule has 4 nitrogen and oxygen atoms in total. The Bertz CT molecular complexity index is 654. The van der Waals surface area contributed by atoms with Crippen LogP contribution in [0.4, 0.5) is 4.39 Å². The molecule has 2 rings (SSSR count). The number of alkyl halides is 1. The van der Waals surface area contributed by atoms with E-state index in [2.05, 4.69) is 10.3 Å². The van der Waals surface area contributed by atoms with Crippen LogP contribution in [-0.2, 0) is 10.7 Å². The lowest BCUT2D eigenvalue weighted by atomic mass is 10.2. The van der Waals surface area contributed by atoms with Gasteiger partial charge >= 0.3 is 0 Å². The van der Waals surface area contributed by atoms with Gasteiger partial charge in [-0.05, 0) is 25.0 Å². The second kappa shape index (κ2) is 6.43. The van der Waals surface area contributed by atoms with Crippen LogP contribution in [0.3, 0.4) is 0 Å². The number of imidazole rings is 1. The Balaban J connectivity index is 2.37. The van der Waals surface area contributed by atoms with Crippen molar-refractivity contribution in [1.29, 1.82) is 0 Å². The van der Waals surface area contributed by atoms with Gasteiger partial charge in [0.2, 0.25) is 5.91 Å². The van der Waals surface area contributed by atoms with Crippen molar-refractivity contribution in [3.05, 3.63) is 29.8 Å². The number of aromatic nitrogens is 2. The summed E-state index contributed by atoms with van der Waals surface area (Å²) >= 11 is 5.91. The van der Waals surface area contributed by atoms with E-state index >= 15 is 0 Å². The number of halogens is 2. The highest BCUT2D eigenvalue weighted by atomic mass is 35.5. The molecule has 0 spiro atoms. The van der Waals surface area contributed by atoms with E-state index < -0.39 is 6.04 Å². The molecular formula is C15H19ClFN3O. The van der Waals surface area contributed by atoms with Crippen molar-refractivity contribution in [2.75, 3.05) is 6.54 Å². The number of carbonyl (C=O) groups is 1. The Morgan fingerprint density at radius 3 is 2.76 bits per heavy atom. The van der Waals surface area contributed by atoms with Crippen LogP contribution < -0.4 is 5.32 Å². The van der Waals surface area contributed by atoms with Crippen LogP contribution in [0.15, 0.2) is 18.2 Å². The Morgan fingerprint density at radius 1 is 1.43 bits per heavy atom. The van der Waals surface area contributed by atoms with Gasteiger partial charge in [-0.15, -0.1) is 11.6 Å². The Labute approximate surface area is 128 Å². The molecule has 1 heterocycles. The molecule has 0 radical (unpaired) electrons. The van der Waals surface area contributed by atoms with Crippen LogP contribution in [0.2, 0.25) is 0 Å². The topological polar surface area (TPSA) is 46.9 Å². The Kier molecular flexibility index (Phi) is 4.83. The number of carbonyl (C=O) groups excluding carboxylic acids is 1. The molecule has 1 atom stereocenters. The predicted octanol–water partition coefficient (Wildman–Crippen LogP) is 3.25. The Morgan fingerprint density at radius 2 is 2.14 bits per heavy atom. The average molecular weight is 312 g/mol. The third-order valence-electron chi connectivity index (χ3n) is 3.30. The van der Waals surface area contributed by atoms with E-state index in [1.807, 2.05) is 13.8 Å². The van der Waals surface area contributed by atoms with E-state index in [4.69, 9.17) is 11.6 Å². The smallest absolute Gasteiger partial charge is 0.242 e. The van der Waals surface area contributed by atoms with Crippen molar-refractivity contribution < 1.29 is 9.18 Å². The zero-order valence-corrected chi connectivity index (χ0v) is 13.1. The molecule has 1 amide bonds. The van der Waals surface area contributed by atoms with Gasteiger partial charge in [-0.25, -0.2) is 9.37 Å². The molecule has 0 aliphatic rings. The predicted molar refractivity (Wildman–Crippen MR) is 81.8 cm³/mol. The monoisotopic (exact) mass is 311 g/mol. The maximum Gasteiger partial charge on any atom is 0.242 e. The second-order valence-corrected chi connectivity index (χ2v) is 5.75. The normalized spacial score (nSPS) is 12.9. The fraction of sp³-hybridized carbons (Fsp3) is 0.467. The van der Waals surface area contributed by atoms with Gasteiger partial charge < -0.3 is 9.88 Å². The first-order chi connectivity index (χ1) is 9.93. The summed E-state index contributed by atoms with van der Waals surface area (Å²) in [7, 11) is 0. The average Bonchev–Trinajstić information content (AvgIpc) is 2.81. The summed E-state index contributed by atoms with van der Waals surface area (Å²) in [6.07, 6.45) is 0. The highest BCUT2D eigenvalue weighted by Crippen LogP contribution is 2.23. The first kappa shape index (κ1) is 15.8. The molecule has 0 aliphatic heterocycles. The van der Waals surface area contributed by atoms with Crippen molar-refractivity contribution in [1.82, 2.24) is 14.9 Å². The molecule has 0 aliphatic carbocycles. The number of rotatable bonds is 5. The largest absolute Gasteiger partial charge is 0.354 e. The fourth-order valence-electron chi connectivity index (χ4n) is 2.22. The summed E-state index contributed by atoms with van der Waals surface area (Å²) in [5.74, 6) is 0.647. The van der Waals surface area contributed by atoms with E-state index in [1.165, 1.54) is 12.1 Å². The van der Waals surface area contributed by atoms with Crippen molar-refractivity contribution >= 4 is 28.5 Å². The van der Waals surface area contributed by atoms with Gasteiger partial charge in [0.1, 0.15) is 17.7 Å². The number of benzene rings is 1. The summed E-state index contributed by atoms with van der Waals surface area (Å²) in [5.41, 5.74) is 1.22. The third kappa shape index (κ3) is 3.35. The van der Waals surface area contributed by atoms with Gasteiger partial charge in [-0.1, -0.05) is 13.8 Å². The number of nitrogens with one attached hydrogen (secondary N) is 1. The van der Waals surface area contributed by atoms with Gasteiger partial charge in [0.15, 0.2) is 0 Å². The van der Waals surface area contributed by atoms with Gasteiger partial charge in [0.25, 0.3) is 0 Å². The molecule has 1 aromatic carbocycles. The first-order valence-corrected chi connectivity index (χ1v) is 7.47. The van der Waals surface area contributed by atoms with Crippen LogP contribution in [0.25, 0.3) is 11.0 Å². The van der Waals surface area contributed by atoms with Gasteiger partial charge in [-0.2, -0.15) is 0 Å². The van der Waals surface area contributed by atoms with Crippen LogP contribution in [-0.4, -0.2) is 22.0 Å². The van der Waals surface area contributed by atoms with E-state index in [1.54, 1.807) is 17.6 Å². The molecule has 0 bridgehead atoms. The molecule has 1 unspecified atom stereocenters. The van der Waals surface area contributed by atoms with Gasteiger partial charge in [-0.3, -0.25) is 4.79 Å². The minimum Gasteiger partial charge on any atom is -0.354 e. The SMILES string of the molecule is CC(C)CNC(=O)C(C)n1c(CCl)nc2cc(F)ccc21. The molecule has 1 aromatic heterocycles. The number of hydrogen-bond acceptors (Lipinski definition) is 2.